The molecule has 2 heterocycles. The van der Waals surface area contributed by atoms with Crippen molar-refractivity contribution >= 4 is 5.91 Å². The number of rotatable bonds is 7. The number of hydrogen-bond donors (Lipinski definition) is 2. The zero-order valence-electron chi connectivity index (χ0n) is 14.9. The van der Waals surface area contributed by atoms with E-state index >= 15 is 0 Å². The van der Waals surface area contributed by atoms with Crippen LogP contribution in [0.2, 0.25) is 0 Å². The van der Waals surface area contributed by atoms with Crippen LogP contribution in [0.3, 0.4) is 0 Å². The minimum Gasteiger partial charge on any atom is -0.356 e. The van der Waals surface area contributed by atoms with Crippen molar-refractivity contribution in [2.24, 2.45) is 5.92 Å². The summed E-state index contributed by atoms with van der Waals surface area (Å²) in [6.07, 6.45) is 7.10. The quantitative estimate of drug-likeness (QED) is 0.628. The molecule has 0 unspecified atom stereocenters. The average molecular weight is 364 g/mol. The molecule has 1 aliphatic rings. The third-order valence-electron chi connectivity index (χ3n) is 4.78. The number of halogens is 1. The Morgan fingerprint density at radius 2 is 1.85 bits per heavy atom. The van der Waals surface area contributed by atoms with Crippen LogP contribution in [0.1, 0.15) is 25.0 Å². The molecule has 4 rings (SSSR count). The van der Waals surface area contributed by atoms with E-state index in [0.29, 0.717) is 6.54 Å². The summed E-state index contributed by atoms with van der Waals surface area (Å²) in [7, 11) is 0. The predicted molar refractivity (Wildman–Crippen MR) is 101 cm³/mol. The first-order chi connectivity index (χ1) is 13.2. The molecule has 2 N–H and O–H groups in total. The van der Waals surface area contributed by atoms with Crippen LogP contribution in [0.5, 0.6) is 0 Å². The number of carbonyl (C=O) groups excluding carboxylic acids is 1. The fraction of sp³-hybridized carbons (Fsp3) is 0.286. The monoisotopic (exact) mass is 364 g/mol. The number of aryl methyl sites for hydroxylation is 1. The average Bonchev–Trinajstić information content (AvgIpc) is 3.47. The van der Waals surface area contributed by atoms with Gasteiger partial charge in [-0.2, -0.15) is 5.10 Å². The van der Waals surface area contributed by atoms with E-state index in [0.717, 1.165) is 53.8 Å². The van der Waals surface area contributed by atoms with Gasteiger partial charge in [0.05, 0.1) is 0 Å². The van der Waals surface area contributed by atoms with Gasteiger partial charge in [0.15, 0.2) is 0 Å². The number of pyridine rings is 1. The molecular formula is C21H21FN4O. The van der Waals surface area contributed by atoms with Gasteiger partial charge in [-0.25, -0.2) is 4.39 Å². The molecule has 1 amide bonds. The zero-order valence-corrected chi connectivity index (χ0v) is 14.9. The van der Waals surface area contributed by atoms with Crippen LogP contribution in [-0.2, 0) is 11.2 Å². The lowest BCUT2D eigenvalue weighted by atomic mass is 9.98. The Kier molecular flexibility index (Phi) is 4.96. The van der Waals surface area contributed by atoms with Crippen LogP contribution in [0.4, 0.5) is 4.39 Å². The molecule has 0 radical (unpaired) electrons. The van der Waals surface area contributed by atoms with Gasteiger partial charge >= 0.3 is 0 Å². The molecular weight excluding hydrogens is 343 g/mol. The molecule has 2 aromatic heterocycles. The van der Waals surface area contributed by atoms with Crippen molar-refractivity contribution < 1.29 is 9.18 Å². The summed E-state index contributed by atoms with van der Waals surface area (Å²) in [5.41, 5.74) is 4.65. The topological polar surface area (TPSA) is 70.7 Å². The summed E-state index contributed by atoms with van der Waals surface area (Å²) in [6.45, 7) is 0.649. The second-order valence-corrected chi connectivity index (χ2v) is 6.84. The number of benzene rings is 1. The summed E-state index contributed by atoms with van der Waals surface area (Å²) in [6, 6.07) is 10.2. The molecule has 0 spiro atoms. The lowest BCUT2D eigenvalue weighted by molar-refractivity contribution is -0.122. The van der Waals surface area contributed by atoms with E-state index in [2.05, 4.69) is 20.5 Å². The van der Waals surface area contributed by atoms with E-state index < -0.39 is 0 Å². The van der Waals surface area contributed by atoms with Gasteiger partial charge in [-0.15, -0.1) is 0 Å². The Balaban J connectivity index is 1.55. The first-order valence-corrected chi connectivity index (χ1v) is 9.23. The molecule has 1 saturated carbocycles. The van der Waals surface area contributed by atoms with Gasteiger partial charge in [-0.3, -0.25) is 14.9 Å². The van der Waals surface area contributed by atoms with E-state index in [-0.39, 0.29) is 17.6 Å². The Morgan fingerprint density at radius 3 is 2.56 bits per heavy atom. The SMILES string of the molecule is O=C(NCCCc1[nH]nc(-c2ccc(F)cc2)c1-c1ccncc1)C1CC1. The number of aromatic amines is 1. The predicted octanol–water partition coefficient (Wildman–Crippen LogP) is 3.74. The maximum atomic E-state index is 13.3. The molecule has 0 atom stereocenters. The lowest BCUT2D eigenvalue weighted by Crippen LogP contribution is -2.26. The molecule has 0 aliphatic heterocycles. The Hall–Kier alpha value is -3.02. The largest absolute Gasteiger partial charge is 0.356 e. The number of nitrogens with zero attached hydrogens (tertiary/aromatic N) is 2. The van der Waals surface area contributed by atoms with Crippen LogP contribution in [0, 0.1) is 11.7 Å². The van der Waals surface area contributed by atoms with Crippen LogP contribution < -0.4 is 5.32 Å². The Morgan fingerprint density at radius 1 is 1.11 bits per heavy atom. The number of H-pyrrole nitrogens is 1. The summed E-state index contributed by atoms with van der Waals surface area (Å²) >= 11 is 0. The van der Waals surface area contributed by atoms with Crippen molar-refractivity contribution in [1.29, 1.82) is 0 Å². The lowest BCUT2D eigenvalue weighted by Gasteiger charge is -2.08. The highest BCUT2D eigenvalue weighted by atomic mass is 19.1. The van der Waals surface area contributed by atoms with Gasteiger partial charge < -0.3 is 5.32 Å². The molecule has 27 heavy (non-hydrogen) atoms. The second-order valence-electron chi connectivity index (χ2n) is 6.84. The zero-order chi connectivity index (χ0) is 18.6. The third-order valence-corrected chi connectivity index (χ3v) is 4.78. The van der Waals surface area contributed by atoms with E-state index in [1.54, 1.807) is 24.5 Å². The normalized spacial score (nSPS) is 13.5. The smallest absolute Gasteiger partial charge is 0.223 e. The Labute approximate surface area is 157 Å². The fourth-order valence-electron chi connectivity index (χ4n) is 3.17. The molecule has 3 aromatic rings. The van der Waals surface area contributed by atoms with Gasteiger partial charge in [0.25, 0.3) is 0 Å². The molecule has 138 valence electrons. The molecule has 5 nitrogen and oxygen atoms in total. The maximum Gasteiger partial charge on any atom is 0.223 e. The van der Waals surface area contributed by atoms with Crippen molar-refractivity contribution in [2.75, 3.05) is 6.54 Å². The third kappa shape index (κ3) is 4.05. The van der Waals surface area contributed by atoms with Crippen molar-refractivity contribution in [1.82, 2.24) is 20.5 Å². The van der Waals surface area contributed by atoms with E-state index in [1.165, 1.54) is 12.1 Å². The van der Waals surface area contributed by atoms with Gasteiger partial charge in [-0.05, 0) is 67.6 Å². The molecule has 0 bridgehead atoms. The summed E-state index contributed by atoms with van der Waals surface area (Å²) in [5.74, 6) is 0.127. The van der Waals surface area contributed by atoms with E-state index in [4.69, 9.17) is 0 Å². The van der Waals surface area contributed by atoms with Crippen molar-refractivity contribution in [3.8, 4) is 22.4 Å². The first kappa shape index (κ1) is 17.4. The van der Waals surface area contributed by atoms with Gasteiger partial charge in [0, 0.05) is 41.7 Å². The highest BCUT2D eigenvalue weighted by Crippen LogP contribution is 2.33. The number of carbonyl (C=O) groups is 1. The number of aromatic nitrogens is 3. The fourth-order valence-corrected chi connectivity index (χ4v) is 3.17. The number of nitrogens with one attached hydrogen (secondary N) is 2. The molecule has 6 heteroatoms. The van der Waals surface area contributed by atoms with Gasteiger partial charge in [0.1, 0.15) is 11.5 Å². The summed E-state index contributed by atoms with van der Waals surface area (Å²) in [5, 5.41) is 10.6. The standard InChI is InChI=1S/C21H21FN4O/c22-17-7-5-15(6-8-17)20-19(14-9-12-23-13-10-14)18(25-26-20)2-1-11-24-21(27)16-3-4-16/h5-10,12-13,16H,1-4,11H2,(H,24,27)(H,25,26). The molecule has 0 saturated heterocycles. The van der Waals surface area contributed by atoms with Gasteiger partial charge in [-0.1, -0.05) is 0 Å². The van der Waals surface area contributed by atoms with Crippen LogP contribution in [-0.4, -0.2) is 27.6 Å². The number of amides is 1. The van der Waals surface area contributed by atoms with Crippen molar-refractivity contribution in [3.05, 3.63) is 60.3 Å². The van der Waals surface area contributed by atoms with Crippen molar-refractivity contribution in [3.63, 3.8) is 0 Å². The maximum absolute atomic E-state index is 13.3. The number of hydrogen-bond acceptors (Lipinski definition) is 3. The molecule has 1 aromatic carbocycles. The minimum atomic E-state index is -0.272. The molecule has 1 fully saturated rings. The van der Waals surface area contributed by atoms with Gasteiger partial charge in [0.2, 0.25) is 5.91 Å². The second kappa shape index (κ2) is 7.70. The first-order valence-electron chi connectivity index (χ1n) is 9.23. The van der Waals surface area contributed by atoms with Crippen LogP contribution in [0.25, 0.3) is 22.4 Å². The summed E-state index contributed by atoms with van der Waals surface area (Å²) in [4.78, 5) is 15.8. The van der Waals surface area contributed by atoms with Crippen molar-refractivity contribution in [2.45, 2.75) is 25.7 Å². The van der Waals surface area contributed by atoms with E-state index in [1.807, 2.05) is 12.1 Å². The van der Waals surface area contributed by atoms with E-state index in [9.17, 15) is 9.18 Å². The van der Waals surface area contributed by atoms with Crippen LogP contribution in [0.15, 0.2) is 48.8 Å². The highest BCUT2D eigenvalue weighted by molar-refractivity contribution is 5.82. The molecule has 1 aliphatic carbocycles. The Bertz CT molecular complexity index is 917. The highest BCUT2D eigenvalue weighted by Gasteiger charge is 2.29. The minimum absolute atomic E-state index is 0.168. The van der Waals surface area contributed by atoms with Crippen LogP contribution >= 0.6 is 0 Å². The summed E-state index contributed by atoms with van der Waals surface area (Å²) < 4.78 is 13.3.